The Bertz CT molecular complexity index is 733. The standard InChI is InChI=1S/C20H31N3O6/c1-27-14-10-12(20(26)23-22)15(19(29-3)18(14)28-2)17(25)16(24)13(21)9-11-7-5-4-6-8-11/h10-11,13,16,24H,4-9,21-22H2,1-3H3,(H,23,26)/t13-,16?/m1/s1. The van der Waals surface area contributed by atoms with Crippen LogP contribution in [-0.2, 0) is 0 Å². The van der Waals surface area contributed by atoms with Crippen molar-refractivity contribution in [1.29, 1.82) is 0 Å². The second-order valence-corrected chi connectivity index (χ2v) is 7.25. The quantitative estimate of drug-likeness (QED) is 0.206. The number of aliphatic hydroxyl groups is 1. The van der Waals surface area contributed by atoms with Crippen LogP contribution in [0.4, 0.5) is 0 Å². The topological polar surface area (TPSA) is 146 Å². The van der Waals surface area contributed by atoms with E-state index < -0.39 is 23.8 Å². The summed E-state index contributed by atoms with van der Waals surface area (Å²) in [7, 11) is 4.09. The number of hydrazine groups is 1. The monoisotopic (exact) mass is 409 g/mol. The van der Waals surface area contributed by atoms with Crippen LogP contribution >= 0.6 is 0 Å². The molecule has 0 aromatic heterocycles. The number of ether oxygens (including phenoxy) is 3. The number of rotatable bonds is 9. The first-order valence-corrected chi connectivity index (χ1v) is 9.71. The molecule has 1 aromatic rings. The van der Waals surface area contributed by atoms with Gasteiger partial charge in [-0.2, -0.15) is 0 Å². The second-order valence-electron chi connectivity index (χ2n) is 7.25. The van der Waals surface area contributed by atoms with E-state index in [1.54, 1.807) is 0 Å². The zero-order chi connectivity index (χ0) is 21.6. The molecule has 0 aliphatic heterocycles. The minimum Gasteiger partial charge on any atom is -0.493 e. The van der Waals surface area contributed by atoms with Gasteiger partial charge in [0.1, 0.15) is 6.10 Å². The largest absolute Gasteiger partial charge is 0.493 e. The molecule has 29 heavy (non-hydrogen) atoms. The number of hydrogen-bond acceptors (Lipinski definition) is 8. The Morgan fingerprint density at radius 3 is 2.28 bits per heavy atom. The van der Waals surface area contributed by atoms with Crippen molar-refractivity contribution in [1.82, 2.24) is 5.43 Å². The van der Waals surface area contributed by atoms with Gasteiger partial charge in [0.05, 0.1) is 32.5 Å². The highest BCUT2D eigenvalue weighted by atomic mass is 16.5. The number of carbonyl (C=O) groups is 2. The van der Waals surface area contributed by atoms with E-state index in [1.165, 1.54) is 33.8 Å². The number of ketones is 1. The maximum Gasteiger partial charge on any atom is 0.266 e. The molecule has 0 radical (unpaired) electrons. The van der Waals surface area contributed by atoms with Crippen LogP contribution in [0, 0.1) is 5.92 Å². The van der Waals surface area contributed by atoms with Crippen LogP contribution in [-0.4, -0.2) is 50.3 Å². The lowest BCUT2D eigenvalue weighted by molar-refractivity contribution is 0.0656. The van der Waals surface area contributed by atoms with E-state index in [-0.39, 0.29) is 28.4 Å². The molecular formula is C20H31N3O6. The van der Waals surface area contributed by atoms with E-state index in [4.69, 9.17) is 25.8 Å². The number of nitrogen functional groups attached to an aromatic ring is 1. The number of nitrogens with two attached hydrogens (primary N) is 2. The van der Waals surface area contributed by atoms with Crippen LogP contribution in [0.1, 0.15) is 59.2 Å². The third-order valence-corrected chi connectivity index (χ3v) is 5.46. The molecular weight excluding hydrogens is 378 g/mol. The van der Waals surface area contributed by atoms with Crippen LogP contribution in [0.2, 0.25) is 0 Å². The summed E-state index contributed by atoms with van der Waals surface area (Å²) in [6.45, 7) is 0. The molecule has 1 saturated carbocycles. The van der Waals surface area contributed by atoms with Crippen molar-refractivity contribution in [3.63, 3.8) is 0 Å². The average Bonchev–Trinajstić information content (AvgIpc) is 2.76. The zero-order valence-corrected chi connectivity index (χ0v) is 17.2. The van der Waals surface area contributed by atoms with Gasteiger partial charge in [-0.1, -0.05) is 32.1 Å². The summed E-state index contributed by atoms with van der Waals surface area (Å²) in [4.78, 5) is 25.5. The number of nitrogens with one attached hydrogen (secondary N) is 1. The van der Waals surface area contributed by atoms with Crippen molar-refractivity contribution in [2.75, 3.05) is 21.3 Å². The van der Waals surface area contributed by atoms with Gasteiger partial charge in [-0.15, -0.1) is 0 Å². The first-order chi connectivity index (χ1) is 13.9. The number of methoxy groups -OCH3 is 3. The van der Waals surface area contributed by atoms with Crippen molar-refractivity contribution in [3.05, 3.63) is 17.2 Å². The maximum absolute atomic E-state index is 13.2. The molecule has 6 N–H and O–H groups in total. The first kappa shape index (κ1) is 22.9. The third-order valence-electron chi connectivity index (χ3n) is 5.46. The molecule has 2 atom stereocenters. The van der Waals surface area contributed by atoms with Gasteiger partial charge in [-0.25, -0.2) is 5.84 Å². The lowest BCUT2D eigenvalue weighted by atomic mass is 9.82. The number of benzene rings is 1. The molecule has 1 fully saturated rings. The number of aliphatic hydroxyl groups excluding tert-OH is 1. The average molecular weight is 409 g/mol. The normalized spacial score (nSPS) is 16.6. The SMILES string of the molecule is COc1cc(C(=O)NN)c(C(=O)C(O)[C@H](N)CC2CCCCC2)c(OC)c1OC. The number of amides is 1. The molecule has 1 unspecified atom stereocenters. The van der Waals surface area contributed by atoms with Crippen molar-refractivity contribution >= 4 is 11.7 Å². The fraction of sp³-hybridized carbons (Fsp3) is 0.600. The lowest BCUT2D eigenvalue weighted by Gasteiger charge is -2.27. The summed E-state index contributed by atoms with van der Waals surface area (Å²) in [6, 6.07) is 0.549. The van der Waals surface area contributed by atoms with E-state index in [1.807, 2.05) is 5.43 Å². The first-order valence-electron chi connectivity index (χ1n) is 9.71. The van der Waals surface area contributed by atoms with E-state index in [0.29, 0.717) is 12.3 Å². The Labute approximate surface area is 170 Å². The van der Waals surface area contributed by atoms with Gasteiger partial charge in [-0.3, -0.25) is 15.0 Å². The van der Waals surface area contributed by atoms with E-state index in [0.717, 1.165) is 25.7 Å². The van der Waals surface area contributed by atoms with Crippen LogP contribution < -0.4 is 31.2 Å². The Morgan fingerprint density at radius 2 is 1.76 bits per heavy atom. The molecule has 0 spiro atoms. The predicted molar refractivity (Wildman–Crippen MR) is 107 cm³/mol. The molecule has 1 aromatic carbocycles. The molecule has 1 aliphatic rings. The van der Waals surface area contributed by atoms with Gasteiger partial charge < -0.3 is 25.1 Å². The molecule has 9 heteroatoms. The summed E-state index contributed by atoms with van der Waals surface area (Å²) in [5, 5.41) is 10.7. The van der Waals surface area contributed by atoms with Crippen molar-refractivity contribution in [2.45, 2.75) is 50.7 Å². The number of carbonyl (C=O) groups excluding carboxylic acids is 2. The summed E-state index contributed by atoms with van der Waals surface area (Å²) in [5.74, 6) is 4.46. The van der Waals surface area contributed by atoms with Crippen LogP contribution in [0.5, 0.6) is 17.2 Å². The molecule has 1 aliphatic carbocycles. The second kappa shape index (κ2) is 10.4. The van der Waals surface area contributed by atoms with Gasteiger partial charge in [0.25, 0.3) is 5.91 Å². The zero-order valence-electron chi connectivity index (χ0n) is 17.2. The minimum absolute atomic E-state index is 0.0284. The van der Waals surface area contributed by atoms with Crippen LogP contribution in [0.3, 0.4) is 0 Å². The van der Waals surface area contributed by atoms with E-state index in [2.05, 4.69) is 0 Å². The Kier molecular flexibility index (Phi) is 8.24. The summed E-state index contributed by atoms with van der Waals surface area (Å²) in [6.07, 6.45) is 4.56. The highest BCUT2D eigenvalue weighted by molar-refractivity contribution is 6.12. The van der Waals surface area contributed by atoms with Crippen LogP contribution in [0.15, 0.2) is 6.07 Å². The van der Waals surface area contributed by atoms with Gasteiger partial charge in [0.2, 0.25) is 5.75 Å². The number of hydrogen-bond donors (Lipinski definition) is 4. The van der Waals surface area contributed by atoms with Gasteiger partial charge in [0.15, 0.2) is 17.3 Å². The Balaban J connectivity index is 2.43. The number of Topliss-reactive ketones (excluding diaryl/α,β-unsaturated/α-hetero) is 1. The highest BCUT2D eigenvalue weighted by Crippen LogP contribution is 2.42. The predicted octanol–water partition coefficient (Wildman–Crippen LogP) is 1.16. The lowest BCUT2D eigenvalue weighted by Crippen LogP contribution is -2.43. The maximum atomic E-state index is 13.2. The molecule has 0 saturated heterocycles. The Morgan fingerprint density at radius 1 is 1.14 bits per heavy atom. The van der Waals surface area contributed by atoms with Crippen molar-refractivity contribution in [2.24, 2.45) is 17.5 Å². The Hall–Kier alpha value is -2.36. The van der Waals surface area contributed by atoms with Crippen molar-refractivity contribution in [3.8, 4) is 17.2 Å². The van der Waals surface area contributed by atoms with Crippen molar-refractivity contribution < 1.29 is 28.9 Å². The minimum atomic E-state index is -1.51. The van der Waals surface area contributed by atoms with E-state index in [9.17, 15) is 14.7 Å². The fourth-order valence-corrected chi connectivity index (χ4v) is 3.94. The molecule has 0 bridgehead atoms. The van der Waals surface area contributed by atoms with Gasteiger partial charge >= 0.3 is 0 Å². The summed E-state index contributed by atoms with van der Waals surface area (Å²) >= 11 is 0. The smallest absolute Gasteiger partial charge is 0.266 e. The fourth-order valence-electron chi connectivity index (χ4n) is 3.94. The summed E-state index contributed by atoms with van der Waals surface area (Å²) < 4.78 is 15.9. The molecule has 9 nitrogen and oxygen atoms in total. The van der Waals surface area contributed by atoms with Gasteiger partial charge in [0, 0.05) is 6.04 Å². The van der Waals surface area contributed by atoms with E-state index >= 15 is 0 Å². The molecule has 2 rings (SSSR count). The molecule has 0 heterocycles. The highest BCUT2D eigenvalue weighted by Gasteiger charge is 2.34. The third kappa shape index (κ3) is 4.98. The van der Waals surface area contributed by atoms with Gasteiger partial charge in [-0.05, 0) is 18.4 Å². The van der Waals surface area contributed by atoms with Crippen LogP contribution in [0.25, 0.3) is 0 Å². The molecule has 162 valence electrons. The summed E-state index contributed by atoms with van der Waals surface area (Å²) in [5.41, 5.74) is 7.91. The molecule has 1 amide bonds.